The summed E-state index contributed by atoms with van der Waals surface area (Å²) < 4.78 is 13.0. The van der Waals surface area contributed by atoms with Crippen LogP contribution in [0.5, 0.6) is 0 Å². The van der Waals surface area contributed by atoms with Crippen molar-refractivity contribution in [3.05, 3.63) is 41.9 Å². The molecule has 2 aliphatic rings. The summed E-state index contributed by atoms with van der Waals surface area (Å²) in [6.07, 6.45) is 7.60. The Labute approximate surface area is 141 Å². The fourth-order valence-electron chi connectivity index (χ4n) is 3.46. The zero-order chi connectivity index (χ0) is 16.5. The lowest BCUT2D eigenvalue weighted by Gasteiger charge is -2.33. The quantitative estimate of drug-likeness (QED) is 0.817. The number of carbonyl (C=O) groups is 1. The van der Waals surface area contributed by atoms with Gasteiger partial charge in [-0.15, -0.1) is 0 Å². The Hall–Kier alpha value is -2.08. The molecule has 0 spiro atoms. The second kappa shape index (κ2) is 6.43. The average molecular weight is 329 g/mol. The molecule has 6 heteroatoms. The second-order valence-corrected chi connectivity index (χ2v) is 6.73. The number of fused-ring (bicyclic) bond motifs is 1. The van der Waals surface area contributed by atoms with E-state index >= 15 is 0 Å². The van der Waals surface area contributed by atoms with Crippen molar-refractivity contribution in [3.63, 3.8) is 0 Å². The molecule has 1 saturated carbocycles. The highest BCUT2D eigenvalue weighted by Crippen LogP contribution is 2.34. The van der Waals surface area contributed by atoms with Gasteiger partial charge in [0.1, 0.15) is 6.26 Å². The first-order valence-electron chi connectivity index (χ1n) is 8.69. The Balaban J connectivity index is 1.59. The maximum Gasteiger partial charge on any atom is 0.257 e. The monoisotopic (exact) mass is 329 g/mol. The van der Waals surface area contributed by atoms with Gasteiger partial charge in [-0.2, -0.15) is 0 Å². The van der Waals surface area contributed by atoms with Crippen molar-refractivity contribution in [2.24, 2.45) is 5.92 Å². The third kappa shape index (κ3) is 2.98. The van der Waals surface area contributed by atoms with E-state index in [9.17, 15) is 4.79 Å². The molecule has 1 fully saturated rings. The first kappa shape index (κ1) is 15.4. The van der Waals surface area contributed by atoms with Gasteiger partial charge in [-0.1, -0.05) is 0 Å². The molecule has 2 aromatic rings. The third-order valence-corrected chi connectivity index (χ3v) is 4.86. The van der Waals surface area contributed by atoms with E-state index in [0.29, 0.717) is 31.9 Å². The van der Waals surface area contributed by atoms with Crippen LogP contribution in [0.3, 0.4) is 0 Å². The van der Waals surface area contributed by atoms with E-state index in [4.69, 9.17) is 9.15 Å². The van der Waals surface area contributed by atoms with E-state index in [1.54, 1.807) is 6.07 Å². The van der Waals surface area contributed by atoms with Gasteiger partial charge in [-0.25, -0.2) is 4.98 Å². The number of nitrogens with zero attached hydrogens (tertiary/aromatic N) is 3. The van der Waals surface area contributed by atoms with Gasteiger partial charge in [0.15, 0.2) is 0 Å². The molecule has 1 amide bonds. The number of ether oxygens (including phenoxy) is 1. The zero-order valence-corrected chi connectivity index (χ0v) is 14.0. The highest BCUT2D eigenvalue weighted by atomic mass is 16.5. The molecule has 0 bridgehead atoms. The van der Waals surface area contributed by atoms with Gasteiger partial charge < -0.3 is 18.6 Å². The minimum Gasteiger partial charge on any atom is -0.472 e. The molecular formula is C18H23N3O3. The smallest absolute Gasteiger partial charge is 0.257 e. The number of imidazole rings is 1. The van der Waals surface area contributed by atoms with E-state index in [-0.39, 0.29) is 11.8 Å². The van der Waals surface area contributed by atoms with Crippen LogP contribution in [0.15, 0.2) is 29.3 Å². The molecule has 1 aliphatic carbocycles. The van der Waals surface area contributed by atoms with Crippen LogP contribution in [-0.4, -0.2) is 40.1 Å². The molecule has 2 aromatic heterocycles. The van der Waals surface area contributed by atoms with Crippen molar-refractivity contribution in [3.8, 4) is 0 Å². The lowest BCUT2D eigenvalue weighted by atomic mass is 9.98. The summed E-state index contributed by atoms with van der Waals surface area (Å²) in [5, 5.41) is 0. The summed E-state index contributed by atoms with van der Waals surface area (Å²) in [6, 6.07) is 1.71. The van der Waals surface area contributed by atoms with Gasteiger partial charge in [0.25, 0.3) is 5.91 Å². The summed E-state index contributed by atoms with van der Waals surface area (Å²) in [5.74, 6) is 0.958. The van der Waals surface area contributed by atoms with Crippen molar-refractivity contribution in [1.29, 1.82) is 0 Å². The van der Waals surface area contributed by atoms with Crippen LogP contribution < -0.4 is 0 Å². The summed E-state index contributed by atoms with van der Waals surface area (Å²) in [4.78, 5) is 19.1. The zero-order valence-electron chi connectivity index (χ0n) is 14.0. The minimum atomic E-state index is -0.00681. The van der Waals surface area contributed by atoms with Crippen LogP contribution in [0.25, 0.3) is 0 Å². The fourth-order valence-corrected chi connectivity index (χ4v) is 3.46. The number of hydrogen-bond donors (Lipinski definition) is 0. The van der Waals surface area contributed by atoms with Crippen molar-refractivity contribution >= 4 is 5.91 Å². The van der Waals surface area contributed by atoms with Gasteiger partial charge in [0, 0.05) is 31.3 Å². The normalized spacial score (nSPS) is 20.2. The van der Waals surface area contributed by atoms with Gasteiger partial charge >= 0.3 is 0 Å². The fraction of sp³-hybridized carbons (Fsp3) is 0.556. The molecule has 0 aromatic carbocycles. The lowest BCUT2D eigenvalue weighted by molar-refractivity contribution is 0.0643. The Morgan fingerprint density at radius 1 is 1.46 bits per heavy atom. The lowest BCUT2D eigenvalue weighted by Crippen LogP contribution is -2.40. The molecule has 4 rings (SSSR count). The number of rotatable bonds is 6. The van der Waals surface area contributed by atoms with Gasteiger partial charge in [0.05, 0.1) is 37.0 Å². The average Bonchev–Trinajstić information content (AvgIpc) is 3.09. The van der Waals surface area contributed by atoms with E-state index in [0.717, 1.165) is 18.2 Å². The number of furan rings is 1. The van der Waals surface area contributed by atoms with Gasteiger partial charge in [0.2, 0.25) is 0 Å². The van der Waals surface area contributed by atoms with Crippen LogP contribution >= 0.6 is 0 Å². The number of carbonyl (C=O) groups excluding carboxylic acids is 1. The molecule has 0 unspecified atom stereocenters. The Kier molecular flexibility index (Phi) is 4.14. The Bertz CT molecular complexity index is 703. The third-order valence-electron chi connectivity index (χ3n) is 4.86. The number of amides is 1. The van der Waals surface area contributed by atoms with E-state index in [1.807, 2.05) is 18.2 Å². The maximum atomic E-state index is 12.7. The van der Waals surface area contributed by atoms with E-state index in [1.165, 1.54) is 31.1 Å². The first-order valence-corrected chi connectivity index (χ1v) is 8.69. The highest BCUT2D eigenvalue weighted by molar-refractivity contribution is 5.94. The van der Waals surface area contributed by atoms with Crippen LogP contribution in [-0.2, 0) is 17.8 Å². The van der Waals surface area contributed by atoms with Crippen LogP contribution in [0.2, 0.25) is 0 Å². The Morgan fingerprint density at radius 2 is 2.33 bits per heavy atom. The summed E-state index contributed by atoms with van der Waals surface area (Å²) in [5.41, 5.74) is 2.85. The van der Waals surface area contributed by atoms with Gasteiger partial charge in [-0.3, -0.25) is 4.79 Å². The van der Waals surface area contributed by atoms with Gasteiger partial charge in [-0.05, 0) is 31.7 Å². The van der Waals surface area contributed by atoms with E-state index < -0.39 is 0 Å². The molecule has 24 heavy (non-hydrogen) atoms. The topological polar surface area (TPSA) is 60.5 Å². The van der Waals surface area contributed by atoms with Crippen molar-refractivity contribution in [1.82, 2.24) is 14.5 Å². The molecular weight excluding hydrogens is 306 g/mol. The molecule has 128 valence electrons. The van der Waals surface area contributed by atoms with Crippen LogP contribution in [0.4, 0.5) is 0 Å². The first-order chi connectivity index (χ1) is 11.8. The summed E-state index contributed by atoms with van der Waals surface area (Å²) >= 11 is 0. The molecule has 0 N–H and O–H groups in total. The summed E-state index contributed by atoms with van der Waals surface area (Å²) in [7, 11) is 0. The Morgan fingerprint density at radius 3 is 3.04 bits per heavy atom. The minimum absolute atomic E-state index is 0.00681. The van der Waals surface area contributed by atoms with Crippen LogP contribution in [0.1, 0.15) is 47.4 Å². The van der Waals surface area contributed by atoms with Crippen LogP contribution in [0, 0.1) is 5.92 Å². The largest absolute Gasteiger partial charge is 0.472 e. The predicted octanol–water partition coefficient (Wildman–Crippen LogP) is 2.66. The second-order valence-electron chi connectivity index (χ2n) is 6.73. The maximum absolute atomic E-state index is 12.7. The highest BCUT2D eigenvalue weighted by Gasteiger charge is 2.34. The molecule has 3 heterocycles. The van der Waals surface area contributed by atoms with Crippen molar-refractivity contribution < 1.29 is 13.9 Å². The van der Waals surface area contributed by atoms with E-state index in [2.05, 4.69) is 9.55 Å². The molecule has 6 nitrogen and oxygen atoms in total. The number of aromatic nitrogens is 2. The summed E-state index contributed by atoms with van der Waals surface area (Å²) in [6.45, 7) is 5.56. The van der Waals surface area contributed by atoms with Crippen molar-refractivity contribution in [2.45, 2.75) is 38.8 Å². The SMILES string of the molecule is CCOC[C@H]1CN(C(=O)c2ccoc2)Cc2ncn(CC3CC3)c21. The molecule has 0 saturated heterocycles. The van der Waals surface area contributed by atoms with Crippen molar-refractivity contribution in [2.75, 3.05) is 19.8 Å². The number of hydrogen-bond acceptors (Lipinski definition) is 4. The molecule has 1 aliphatic heterocycles. The predicted molar refractivity (Wildman–Crippen MR) is 87.6 cm³/mol. The molecule has 1 atom stereocenters. The molecule has 0 radical (unpaired) electrons. The standard InChI is InChI=1S/C18H23N3O3/c1-2-23-11-15-8-20(18(22)14-5-6-24-10-14)9-16-17(15)21(12-19-16)7-13-3-4-13/h5-6,10,12-13,15H,2-4,7-9,11H2,1H3/t15-/m1/s1.